The van der Waals surface area contributed by atoms with Crippen LogP contribution in [0.1, 0.15) is 38.3 Å². The van der Waals surface area contributed by atoms with Crippen molar-refractivity contribution in [1.29, 1.82) is 0 Å². The molecule has 1 aromatic carbocycles. The van der Waals surface area contributed by atoms with Gasteiger partial charge in [-0.15, -0.1) is 0 Å². The van der Waals surface area contributed by atoms with E-state index in [4.69, 9.17) is 10.5 Å². The molecule has 2 heteroatoms. The molecule has 0 aromatic heterocycles. The number of ether oxygens (including phenoxy) is 1. The van der Waals surface area contributed by atoms with Crippen molar-refractivity contribution < 1.29 is 4.74 Å². The molecule has 1 aromatic rings. The van der Waals surface area contributed by atoms with Crippen LogP contribution in [0.3, 0.4) is 0 Å². The predicted molar refractivity (Wildman–Crippen MR) is 59.4 cm³/mol. The molecule has 0 aliphatic heterocycles. The Bertz CT molecular complexity index is 254. The van der Waals surface area contributed by atoms with Crippen LogP contribution in [0.2, 0.25) is 0 Å². The van der Waals surface area contributed by atoms with Gasteiger partial charge in [-0.2, -0.15) is 0 Å². The average molecular weight is 193 g/mol. The largest absolute Gasteiger partial charge is 0.494 e. The minimum Gasteiger partial charge on any atom is -0.494 e. The molecule has 0 spiro atoms. The summed E-state index contributed by atoms with van der Waals surface area (Å²) in [5.74, 6) is 0.933. The van der Waals surface area contributed by atoms with Gasteiger partial charge in [0.25, 0.3) is 0 Å². The zero-order chi connectivity index (χ0) is 10.4. The van der Waals surface area contributed by atoms with E-state index >= 15 is 0 Å². The summed E-state index contributed by atoms with van der Waals surface area (Å²) >= 11 is 0. The van der Waals surface area contributed by atoms with Crippen molar-refractivity contribution >= 4 is 0 Å². The Morgan fingerprint density at radius 3 is 2.43 bits per heavy atom. The van der Waals surface area contributed by atoms with Gasteiger partial charge in [-0.25, -0.2) is 0 Å². The number of nitrogens with two attached hydrogens (primary N) is 1. The molecule has 1 rings (SSSR count). The van der Waals surface area contributed by atoms with Gasteiger partial charge in [0.2, 0.25) is 0 Å². The Morgan fingerprint density at radius 2 is 1.93 bits per heavy atom. The van der Waals surface area contributed by atoms with Gasteiger partial charge in [0.15, 0.2) is 0 Å². The van der Waals surface area contributed by atoms with Crippen LogP contribution >= 0.6 is 0 Å². The highest BCUT2D eigenvalue weighted by atomic mass is 16.5. The first-order valence-corrected chi connectivity index (χ1v) is 5.22. The molecule has 0 aliphatic rings. The first-order chi connectivity index (χ1) is 6.74. The Kier molecular flexibility index (Phi) is 4.47. The van der Waals surface area contributed by atoms with E-state index < -0.39 is 0 Å². The van der Waals surface area contributed by atoms with Crippen molar-refractivity contribution in [2.24, 2.45) is 5.73 Å². The molecule has 14 heavy (non-hydrogen) atoms. The SMILES string of the molecule is CCCCOc1ccc(C(C)N)cc1. The fraction of sp³-hybridized carbons (Fsp3) is 0.500. The van der Waals surface area contributed by atoms with E-state index in [1.165, 1.54) is 0 Å². The van der Waals surface area contributed by atoms with Crippen molar-refractivity contribution in [3.63, 3.8) is 0 Å². The fourth-order valence-electron chi connectivity index (χ4n) is 1.20. The number of unbranched alkanes of at least 4 members (excludes halogenated alkanes) is 1. The molecule has 0 bridgehead atoms. The molecule has 0 amide bonds. The van der Waals surface area contributed by atoms with Gasteiger partial charge in [0.1, 0.15) is 5.75 Å². The van der Waals surface area contributed by atoms with Gasteiger partial charge >= 0.3 is 0 Å². The predicted octanol–water partition coefficient (Wildman–Crippen LogP) is 2.89. The van der Waals surface area contributed by atoms with Crippen LogP contribution in [-0.4, -0.2) is 6.61 Å². The Hall–Kier alpha value is -1.02. The lowest BCUT2D eigenvalue weighted by Gasteiger charge is -2.08. The first kappa shape index (κ1) is 11.1. The van der Waals surface area contributed by atoms with Crippen LogP contribution in [-0.2, 0) is 0 Å². The maximum Gasteiger partial charge on any atom is 0.119 e. The molecule has 0 heterocycles. The summed E-state index contributed by atoms with van der Waals surface area (Å²) in [6.45, 7) is 4.93. The van der Waals surface area contributed by atoms with Crippen LogP contribution in [0, 0.1) is 0 Å². The van der Waals surface area contributed by atoms with Crippen LogP contribution in [0.4, 0.5) is 0 Å². The smallest absolute Gasteiger partial charge is 0.119 e. The molecule has 2 nitrogen and oxygen atoms in total. The second kappa shape index (κ2) is 5.66. The molecular weight excluding hydrogens is 174 g/mol. The van der Waals surface area contributed by atoms with Crippen molar-refractivity contribution in [3.8, 4) is 5.75 Å². The van der Waals surface area contributed by atoms with E-state index in [0.29, 0.717) is 0 Å². The number of hydrogen-bond donors (Lipinski definition) is 1. The summed E-state index contributed by atoms with van der Waals surface area (Å²) in [5.41, 5.74) is 6.89. The van der Waals surface area contributed by atoms with E-state index in [2.05, 4.69) is 6.92 Å². The highest BCUT2D eigenvalue weighted by Crippen LogP contribution is 2.16. The minimum atomic E-state index is 0.0969. The number of hydrogen-bond acceptors (Lipinski definition) is 2. The zero-order valence-corrected chi connectivity index (χ0v) is 8.99. The first-order valence-electron chi connectivity index (χ1n) is 5.22. The minimum absolute atomic E-state index is 0.0969. The lowest BCUT2D eigenvalue weighted by molar-refractivity contribution is 0.309. The van der Waals surface area contributed by atoms with E-state index in [1.807, 2.05) is 31.2 Å². The lowest BCUT2D eigenvalue weighted by Crippen LogP contribution is -2.04. The molecule has 0 radical (unpaired) electrons. The standard InChI is InChI=1S/C12H19NO/c1-3-4-9-14-12-7-5-11(6-8-12)10(2)13/h5-8,10H,3-4,9,13H2,1-2H3. The zero-order valence-electron chi connectivity index (χ0n) is 8.99. The van der Waals surface area contributed by atoms with Crippen molar-refractivity contribution in [3.05, 3.63) is 29.8 Å². The molecule has 2 N–H and O–H groups in total. The topological polar surface area (TPSA) is 35.2 Å². The molecular formula is C12H19NO. The Labute approximate surface area is 86.1 Å². The summed E-state index contributed by atoms with van der Waals surface area (Å²) in [5, 5.41) is 0. The summed E-state index contributed by atoms with van der Waals surface area (Å²) in [6, 6.07) is 8.10. The van der Waals surface area contributed by atoms with Gasteiger partial charge in [-0.1, -0.05) is 25.5 Å². The third kappa shape index (κ3) is 3.38. The third-order valence-electron chi connectivity index (χ3n) is 2.17. The maximum atomic E-state index is 5.74. The van der Waals surface area contributed by atoms with Crippen molar-refractivity contribution in [2.75, 3.05) is 6.61 Å². The van der Waals surface area contributed by atoms with Crippen LogP contribution < -0.4 is 10.5 Å². The van der Waals surface area contributed by atoms with E-state index in [9.17, 15) is 0 Å². The van der Waals surface area contributed by atoms with Gasteiger partial charge in [0.05, 0.1) is 6.61 Å². The third-order valence-corrected chi connectivity index (χ3v) is 2.17. The van der Waals surface area contributed by atoms with E-state index in [0.717, 1.165) is 30.8 Å². The monoisotopic (exact) mass is 193 g/mol. The summed E-state index contributed by atoms with van der Waals surface area (Å²) < 4.78 is 5.54. The van der Waals surface area contributed by atoms with Gasteiger partial charge in [-0.05, 0) is 31.0 Å². The van der Waals surface area contributed by atoms with E-state index in [1.54, 1.807) is 0 Å². The Morgan fingerprint density at radius 1 is 1.29 bits per heavy atom. The second-order valence-electron chi connectivity index (χ2n) is 3.56. The van der Waals surface area contributed by atoms with Crippen molar-refractivity contribution in [2.45, 2.75) is 32.7 Å². The molecule has 0 fully saturated rings. The summed E-state index contributed by atoms with van der Waals surface area (Å²) in [4.78, 5) is 0. The van der Waals surface area contributed by atoms with Crippen LogP contribution in [0.5, 0.6) is 5.75 Å². The molecule has 78 valence electrons. The average Bonchev–Trinajstić information content (AvgIpc) is 2.19. The normalized spacial score (nSPS) is 12.5. The molecule has 0 saturated heterocycles. The Balaban J connectivity index is 2.47. The van der Waals surface area contributed by atoms with Gasteiger partial charge in [-0.3, -0.25) is 0 Å². The summed E-state index contributed by atoms with van der Waals surface area (Å²) in [6.07, 6.45) is 2.27. The molecule has 1 unspecified atom stereocenters. The van der Waals surface area contributed by atoms with Crippen LogP contribution in [0.25, 0.3) is 0 Å². The van der Waals surface area contributed by atoms with Crippen LogP contribution in [0.15, 0.2) is 24.3 Å². The van der Waals surface area contributed by atoms with Crippen molar-refractivity contribution in [1.82, 2.24) is 0 Å². The molecule has 0 saturated carbocycles. The number of rotatable bonds is 5. The quantitative estimate of drug-likeness (QED) is 0.730. The van der Waals surface area contributed by atoms with Gasteiger partial charge in [0, 0.05) is 6.04 Å². The highest BCUT2D eigenvalue weighted by molar-refractivity contribution is 5.28. The molecule has 0 aliphatic carbocycles. The highest BCUT2D eigenvalue weighted by Gasteiger charge is 1.98. The number of benzene rings is 1. The summed E-state index contributed by atoms with van der Waals surface area (Å²) in [7, 11) is 0. The molecule has 1 atom stereocenters. The van der Waals surface area contributed by atoms with E-state index in [-0.39, 0.29) is 6.04 Å². The fourth-order valence-corrected chi connectivity index (χ4v) is 1.20. The lowest BCUT2D eigenvalue weighted by atomic mass is 10.1. The van der Waals surface area contributed by atoms with Gasteiger partial charge < -0.3 is 10.5 Å². The maximum absolute atomic E-state index is 5.74. The second-order valence-corrected chi connectivity index (χ2v) is 3.56.